The summed E-state index contributed by atoms with van der Waals surface area (Å²) >= 11 is 0. The van der Waals surface area contributed by atoms with Crippen LogP contribution in [0.3, 0.4) is 0 Å². The smallest absolute Gasteiger partial charge is 0.338 e. The van der Waals surface area contributed by atoms with Gasteiger partial charge in [0.15, 0.2) is 0 Å². The zero-order valence-electron chi connectivity index (χ0n) is 28.2. The molecule has 0 saturated carbocycles. The number of halogens is 3. The maximum Gasteiger partial charge on any atom is 0.416 e. The van der Waals surface area contributed by atoms with E-state index in [1.807, 2.05) is 53.4 Å². The Morgan fingerprint density at radius 1 is 0.804 bits per heavy atom. The predicted octanol–water partition coefficient (Wildman–Crippen LogP) is 6.22. The molecule has 11 heteroatoms. The van der Waals surface area contributed by atoms with Gasteiger partial charge >= 0.3 is 6.18 Å². The van der Waals surface area contributed by atoms with E-state index in [-0.39, 0.29) is 24.8 Å². The van der Waals surface area contributed by atoms with Gasteiger partial charge in [-0.15, -0.1) is 0 Å². The SMILES string of the molecule is O=C([C@H](Cc1ccccc1)N(Cc1ccc(N2CCCC2=O)nc1)C(=O)C=Cc1ccc(C(F)(F)F)cc1)N1CCN(Cc2ccccc2)CC1. The number of aromatic nitrogens is 1. The highest BCUT2D eigenvalue weighted by molar-refractivity contribution is 5.96. The Balaban J connectivity index is 1.27. The van der Waals surface area contributed by atoms with Crippen molar-refractivity contribution in [2.45, 2.75) is 44.6 Å². The zero-order valence-corrected chi connectivity index (χ0v) is 28.2. The number of alkyl halides is 3. The lowest BCUT2D eigenvalue weighted by Crippen LogP contribution is -2.56. The van der Waals surface area contributed by atoms with Gasteiger partial charge in [0.1, 0.15) is 11.9 Å². The monoisotopic (exact) mass is 695 g/mol. The number of piperazine rings is 1. The molecule has 3 aromatic carbocycles. The molecule has 2 saturated heterocycles. The van der Waals surface area contributed by atoms with Crippen molar-refractivity contribution < 1.29 is 27.6 Å². The molecule has 0 N–H and O–H groups in total. The lowest BCUT2D eigenvalue weighted by atomic mass is 10.0. The molecule has 0 spiro atoms. The molecular weight excluding hydrogens is 655 g/mol. The molecule has 0 radical (unpaired) electrons. The molecule has 1 atom stereocenters. The summed E-state index contributed by atoms with van der Waals surface area (Å²) in [4.78, 5) is 52.7. The first-order chi connectivity index (χ1) is 24.6. The summed E-state index contributed by atoms with van der Waals surface area (Å²) in [6.07, 6.45) is 1.41. The van der Waals surface area contributed by atoms with Gasteiger partial charge in [-0.25, -0.2) is 4.98 Å². The maximum atomic E-state index is 14.5. The minimum Gasteiger partial charge on any atom is -0.338 e. The zero-order chi connectivity index (χ0) is 35.8. The van der Waals surface area contributed by atoms with Gasteiger partial charge in [0, 0.05) is 70.9 Å². The van der Waals surface area contributed by atoms with E-state index in [9.17, 15) is 27.6 Å². The molecule has 4 aromatic rings. The van der Waals surface area contributed by atoms with Crippen LogP contribution in [0.1, 0.15) is 40.7 Å². The summed E-state index contributed by atoms with van der Waals surface area (Å²) < 4.78 is 39.5. The Morgan fingerprint density at radius 2 is 1.47 bits per heavy atom. The molecule has 2 aliphatic rings. The van der Waals surface area contributed by atoms with Crippen LogP contribution < -0.4 is 4.90 Å². The van der Waals surface area contributed by atoms with E-state index < -0.39 is 23.7 Å². The first kappa shape index (κ1) is 35.5. The van der Waals surface area contributed by atoms with Crippen molar-refractivity contribution in [3.63, 3.8) is 0 Å². The van der Waals surface area contributed by atoms with Gasteiger partial charge in [0.2, 0.25) is 17.7 Å². The van der Waals surface area contributed by atoms with E-state index in [4.69, 9.17) is 0 Å². The van der Waals surface area contributed by atoms with Crippen molar-refractivity contribution in [3.05, 3.63) is 137 Å². The molecule has 0 unspecified atom stereocenters. The van der Waals surface area contributed by atoms with Gasteiger partial charge in [-0.05, 0) is 52.9 Å². The summed E-state index contributed by atoms with van der Waals surface area (Å²) in [5, 5.41) is 0. The number of anilines is 1. The molecule has 1 aromatic heterocycles. The number of carbonyl (C=O) groups excluding carboxylic acids is 3. The van der Waals surface area contributed by atoms with Crippen molar-refractivity contribution in [1.82, 2.24) is 19.7 Å². The third-order valence-electron chi connectivity index (χ3n) is 9.32. The molecule has 3 amide bonds. The summed E-state index contributed by atoms with van der Waals surface area (Å²) in [6, 6.07) is 26.9. The topological polar surface area (TPSA) is 77.1 Å². The molecule has 264 valence electrons. The lowest BCUT2D eigenvalue weighted by molar-refractivity contribution is -0.145. The second-order valence-corrected chi connectivity index (χ2v) is 12.9. The molecule has 8 nitrogen and oxygen atoms in total. The normalized spacial score (nSPS) is 16.1. The number of carbonyl (C=O) groups is 3. The Morgan fingerprint density at radius 3 is 2.06 bits per heavy atom. The van der Waals surface area contributed by atoms with Crippen LogP contribution in [0.5, 0.6) is 0 Å². The Hall–Kier alpha value is -5.29. The van der Waals surface area contributed by atoms with Crippen molar-refractivity contribution in [2.24, 2.45) is 0 Å². The molecule has 6 rings (SSSR count). The number of rotatable bonds is 11. The van der Waals surface area contributed by atoms with Crippen LogP contribution in [0.4, 0.5) is 19.0 Å². The van der Waals surface area contributed by atoms with E-state index in [0.717, 1.165) is 30.7 Å². The van der Waals surface area contributed by atoms with E-state index in [1.54, 1.807) is 23.2 Å². The molecule has 0 aliphatic carbocycles. The fraction of sp³-hybridized carbons (Fsp3) is 0.300. The van der Waals surface area contributed by atoms with Crippen molar-refractivity contribution in [1.29, 1.82) is 0 Å². The van der Waals surface area contributed by atoms with Gasteiger partial charge in [0.05, 0.1) is 5.56 Å². The van der Waals surface area contributed by atoms with Crippen LogP contribution in [0.15, 0.2) is 109 Å². The van der Waals surface area contributed by atoms with Crippen LogP contribution in [0.2, 0.25) is 0 Å². The molecular formula is C40H40F3N5O3. The lowest BCUT2D eigenvalue weighted by Gasteiger charge is -2.39. The second kappa shape index (κ2) is 16.2. The van der Waals surface area contributed by atoms with Crippen molar-refractivity contribution in [2.75, 3.05) is 37.6 Å². The largest absolute Gasteiger partial charge is 0.416 e. The highest BCUT2D eigenvalue weighted by Crippen LogP contribution is 2.29. The van der Waals surface area contributed by atoms with Crippen LogP contribution in [-0.2, 0) is 40.1 Å². The third-order valence-corrected chi connectivity index (χ3v) is 9.32. The number of nitrogens with zero attached hydrogens (tertiary/aromatic N) is 5. The van der Waals surface area contributed by atoms with Gasteiger partial charge in [-0.2, -0.15) is 13.2 Å². The summed E-state index contributed by atoms with van der Waals surface area (Å²) in [5.41, 5.74) is 2.38. The van der Waals surface area contributed by atoms with E-state index in [0.29, 0.717) is 56.1 Å². The molecule has 0 bridgehead atoms. The number of hydrogen-bond acceptors (Lipinski definition) is 5. The van der Waals surface area contributed by atoms with Gasteiger partial charge in [-0.1, -0.05) is 78.9 Å². The van der Waals surface area contributed by atoms with Crippen LogP contribution in [-0.4, -0.2) is 76.2 Å². The molecule has 51 heavy (non-hydrogen) atoms. The fourth-order valence-corrected chi connectivity index (χ4v) is 6.49. The second-order valence-electron chi connectivity index (χ2n) is 12.9. The number of benzene rings is 3. The summed E-state index contributed by atoms with van der Waals surface area (Å²) in [7, 11) is 0. The van der Waals surface area contributed by atoms with Gasteiger partial charge in [-0.3, -0.25) is 24.2 Å². The Labute approximate surface area is 295 Å². The average molecular weight is 696 g/mol. The molecule has 2 fully saturated rings. The van der Waals surface area contributed by atoms with Crippen LogP contribution in [0, 0.1) is 0 Å². The number of pyridine rings is 1. The minimum absolute atomic E-state index is 0.0119. The van der Waals surface area contributed by atoms with Gasteiger partial charge in [0.25, 0.3) is 0 Å². The highest BCUT2D eigenvalue weighted by Gasteiger charge is 2.34. The number of hydrogen-bond donors (Lipinski definition) is 0. The highest BCUT2D eigenvalue weighted by atomic mass is 19.4. The van der Waals surface area contributed by atoms with Crippen molar-refractivity contribution in [3.8, 4) is 0 Å². The Kier molecular flexibility index (Phi) is 11.3. The summed E-state index contributed by atoms with van der Waals surface area (Å²) in [6.45, 7) is 3.79. The van der Waals surface area contributed by atoms with Crippen LogP contribution in [0.25, 0.3) is 6.08 Å². The van der Waals surface area contributed by atoms with Crippen molar-refractivity contribution >= 4 is 29.6 Å². The quantitative estimate of drug-likeness (QED) is 0.174. The molecule has 3 heterocycles. The first-order valence-corrected chi connectivity index (χ1v) is 17.1. The van der Waals surface area contributed by atoms with Crippen LogP contribution >= 0.6 is 0 Å². The average Bonchev–Trinajstić information content (AvgIpc) is 3.58. The maximum absolute atomic E-state index is 14.5. The van der Waals surface area contributed by atoms with E-state index in [2.05, 4.69) is 22.0 Å². The minimum atomic E-state index is -4.47. The van der Waals surface area contributed by atoms with E-state index >= 15 is 0 Å². The van der Waals surface area contributed by atoms with Gasteiger partial charge < -0.3 is 9.80 Å². The standard InChI is InChI=1S/C40H40F3N5O3/c41-40(42,43)34-17-13-30(14-18-34)16-20-38(50)48(29-33-15-19-36(44-27-33)47-21-7-12-37(47)49)35(26-31-8-3-1-4-9-31)39(51)46-24-22-45(23-25-46)28-32-10-5-2-6-11-32/h1-6,8-11,13-20,27,35H,7,12,21-26,28-29H2/t35-/m0/s1. The van der Waals surface area contributed by atoms with E-state index in [1.165, 1.54) is 34.7 Å². The predicted molar refractivity (Wildman–Crippen MR) is 189 cm³/mol. The third kappa shape index (κ3) is 9.29. The summed E-state index contributed by atoms with van der Waals surface area (Å²) in [5.74, 6) is -0.100. The number of amides is 3. The first-order valence-electron chi connectivity index (χ1n) is 17.1. The fourth-order valence-electron chi connectivity index (χ4n) is 6.49. The Bertz CT molecular complexity index is 1810. The molecule has 2 aliphatic heterocycles.